The Bertz CT molecular complexity index is 686. The number of hydrogen-bond acceptors (Lipinski definition) is 2. The van der Waals surface area contributed by atoms with Gasteiger partial charge in [-0.2, -0.15) is 0 Å². The number of aryl methyl sites for hydroxylation is 2. The summed E-state index contributed by atoms with van der Waals surface area (Å²) in [6, 6.07) is 13.0. The Morgan fingerprint density at radius 3 is 2.60 bits per heavy atom. The second-order valence-corrected chi connectivity index (χ2v) is 5.05. The second kappa shape index (κ2) is 5.88. The fourth-order valence-corrected chi connectivity index (χ4v) is 2.57. The van der Waals surface area contributed by atoms with Gasteiger partial charge in [0.25, 0.3) is 0 Å². The van der Waals surface area contributed by atoms with Gasteiger partial charge in [-0.05, 0) is 66.2 Å². The molecule has 2 aromatic heterocycles. The molecule has 0 radical (unpaired) electrons. The predicted molar refractivity (Wildman–Crippen MR) is 82.6 cm³/mol. The fraction of sp³-hybridized carbons (Fsp3) is 0.235. The molecule has 0 atom stereocenters. The Labute approximate surface area is 119 Å². The topological polar surface area (TPSA) is 43.8 Å². The highest BCUT2D eigenvalue weighted by molar-refractivity contribution is 5.80. The summed E-state index contributed by atoms with van der Waals surface area (Å²) in [6.45, 7) is 1.69. The normalized spacial score (nSPS) is 11.1. The van der Waals surface area contributed by atoms with Crippen LogP contribution in [0.2, 0.25) is 0 Å². The molecule has 0 spiro atoms. The number of fused-ring (bicyclic) bond motifs is 1. The Hall–Kier alpha value is -2.13. The van der Waals surface area contributed by atoms with E-state index in [1.165, 1.54) is 22.0 Å². The van der Waals surface area contributed by atoms with Crippen LogP contribution in [0.4, 0.5) is 0 Å². The summed E-state index contributed by atoms with van der Waals surface area (Å²) >= 11 is 0. The minimum atomic E-state index is 0.703. The zero-order valence-electron chi connectivity index (χ0n) is 11.5. The van der Waals surface area contributed by atoms with Crippen LogP contribution in [0.15, 0.2) is 55.0 Å². The molecule has 3 heteroatoms. The molecule has 20 heavy (non-hydrogen) atoms. The first kappa shape index (κ1) is 12.9. The monoisotopic (exact) mass is 265 g/mol. The quantitative estimate of drug-likeness (QED) is 0.771. The van der Waals surface area contributed by atoms with E-state index in [1.807, 2.05) is 12.4 Å². The first-order valence-corrected chi connectivity index (χ1v) is 7.03. The van der Waals surface area contributed by atoms with Crippen LogP contribution in [-0.2, 0) is 19.4 Å². The molecule has 0 fully saturated rings. The Balaban J connectivity index is 1.78. The van der Waals surface area contributed by atoms with Crippen molar-refractivity contribution < 1.29 is 0 Å². The summed E-state index contributed by atoms with van der Waals surface area (Å²) in [5, 5.41) is 1.30. The molecule has 1 aromatic carbocycles. The molecular weight excluding hydrogens is 246 g/mol. The van der Waals surface area contributed by atoms with E-state index >= 15 is 0 Å². The van der Waals surface area contributed by atoms with Crippen molar-refractivity contribution in [3.05, 3.63) is 66.1 Å². The zero-order valence-corrected chi connectivity index (χ0v) is 11.5. The summed E-state index contributed by atoms with van der Waals surface area (Å²) in [5.74, 6) is 0. The van der Waals surface area contributed by atoms with Crippen LogP contribution in [0, 0.1) is 0 Å². The van der Waals surface area contributed by atoms with E-state index in [1.54, 1.807) is 0 Å². The zero-order chi connectivity index (χ0) is 13.8. The SMILES string of the molecule is NCCc1ccc2c(ccn2CCc2ccncc2)c1. The molecule has 0 saturated carbocycles. The number of benzene rings is 1. The van der Waals surface area contributed by atoms with E-state index in [-0.39, 0.29) is 0 Å². The molecule has 3 aromatic rings. The average Bonchev–Trinajstić information content (AvgIpc) is 2.89. The maximum Gasteiger partial charge on any atom is 0.0480 e. The summed E-state index contributed by atoms with van der Waals surface area (Å²) in [7, 11) is 0. The van der Waals surface area contributed by atoms with Crippen LogP contribution in [0.1, 0.15) is 11.1 Å². The van der Waals surface area contributed by atoms with Crippen molar-refractivity contribution in [2.45, 2.75) is 19.4 Å². The number of pyridine rings is 1. The molecule has 3 nitrogen and oxygen atoms in total. The molecule has 2 N–H and O–H groups in total. The highest BCUT2D eigenvalue weighted by Gasteiger charge is 2.02. The molecule has 0 bridgehead atoms. The van der Waals surface area contributed by atoms with Crippen molar-refractivity contribution >= 4 is 10.9 Å². The molecule has 0 unspecified atom stereocenters. The second-order valence-electron chi connectivity index (χ2n) is 5.05. The smallest absolute Gasteiger partial charge is 0.0480 e. The minimum Gasteiger partial charge on any atom is -0.347 e. The largest absolute Gasteiger partial charge is 0.347 e. The van der Waals surface area contributed by atoms with Crippen LogP contribution in [-0.4, -0.2) is 16.1 Å². The Morgan fingerprint density at radius 2 is 1.80 bits per heavy atom. The van der Waals surface area contributed by atoms with Crippen molar-refractivity contribution in [2.75, 3.05) is 6.54 Å². The van der Waals surface area contributed by atoms with Gasteiger partial charge in [-0.25, -0.2) is 0 Å². The lowest BCUT2D eigenvalue weighted by Gasteiger charge is -2.06. The van der Waals surface area contributed by atoms with E-state index in [9.17, 15) is 0 Å². The van der Waals surface area contributed by atoms with E-state index in [2.05, 4.69) is 52.1 Å². The van der Waals surface area contributed by atoms with Crippen LogP contribution in [0.5, 0.6) is 0 Å². The van der Waals surface area contributed by atoms with Crippen molar-refractivity contribution in [1.82, 2.24) is 9.55 Å². The van der Waals surface area contributed by atoms with Gasteiger partial charge in [0.05, 0.1) is 0 Å². The molecular formula is C17H19N3. The molecule has 0 aliphatic carbocycles. The molecule has 0 amide bonds. The van der Waals surface area contributed by atoms with Gasteiger partial charge in [0.2, 0.25) is 0 Å². The third-order valence-electron chi connectivity index (χ3n) is 3.66. The lowest BCUT2D eigenvalue weighted by atomic mass is 10.1. The molecule has 102 valence electrons. The first-order valence-electron chi connectivity index (χ1n) is 7.03. The fourth-order valence-electron chi connectivity index (χ4n) is 2.57. The number of nitrogens with zero attached hydrogens (tertiary/aromatic N) is 2. The number of hydrogen-bond donors (Lipinski definition) is 1. The highest BCUT2D eigenvalue weighted by Crippen LogP contribution is 2.18. The molecule has 2 heterocycles. The maximum atomic E-state index is 5.61. The first-order chi connectivity index (χ1) is 9.86. The highest BCUT2D eigenvalue weighted by atomic mass is 14.9. The third-order valence-corrected chi connectivity index (χ3v) is 3.66. The molecule has 0 saturated heterocycles. The van der Waals surface area contributed by atoms with Crippen molar-refractivity contribution in [2.24, 2.45) is 5.73 Å². The van der Waals surface area contributed by atoms with Gasteiger partial charge in [-0.15, -0.1) is 0 Å². The van der Waals surface area contributed by atoms with E-state index in [0.717, 1.165) is 19.4 Å². The third kappa shape index (κ3) is 2.73. The van der Waals surface area contributed by atoms with E-state index in [4.69, 9.17) is 5.73 Å². The lowest BCUT2D eigenvalue weighted by molar-refractivity contribution is 0.722. The van der Waals surface area contributed by atoms with Crippen LogP contribution < -0.4 is 5.73 Å². The number of aromatic nitrogens is 2. The van der Waals surface area contributed by atoms with Crippen molar-refractivity contribution in [3.8, 4) is 0 Å². The lowest BCUT2D eigenvalue weighted by Crippen LogP contribution is -2.03. The van der Waals surface area contributed by atoms with Gasteiger partial charge in [-0.1, -0.05) is 6.07 Å². The predicted octanol–water partition coefficient (Wildman–Crippen LogP) is 2.78. The Morgan fingerprint density at radius 1 is 0.950 bits per heavy atom. The number of rotatable bonds is 5. The molecule has 3 rings (SSSR count). The van der Waals surface area contributed by atoms with Crippen LogP contribution >= 0.6 is 0 Å². The summed E-state index contributed by atoms with van der Waals surface area (Å²) < 4.78 is 2.31. The van der Waals surface area contributed by atoms with Gasteiger partial charge >= 0.3 is 0 Å². The number of nitrogens with two attached hydrogens (primary N) is 1. The Kier molecular flexibility index (Phi) is 3.79. The molecule has 0 aliphatic heterocycles. The summed E-state index contributed by atoms with van der Waals surface area (Å²) in [6.07, 6.45) is 7.83. The van der Waals surface area contributed by atoms with Crippen LogP contribution in [0.25, 0.3) is 10.9 Å². The maximum absolute atomic E-state index is 5.61. The van der Waals surface area contributed by atoms with Gasteiger partial charge in [-0.3, -0.25) is 4.98 Å². The van der Waals surface area contributed by atoms with Gasteiger partial charge < -0.3 is 10.3 Å². The van der Waals surface area contributed by atoms with E-state index < -0.39 is 0 Å². The van der Waals surface area contributed by atoms with Gasteiger partial charge in [0.1, 0.15) is 0 Å². The summed E-state index contributed by atoms with van der Waals surface area (Å²) in [5.41, 5.74) is 9.54. The van der Waals surface area contributed by atoms with E-state index in [0.29, 0.717) is 6.54 Å². The molecule has 0 aliphatic rings. The summed E-state index contributed by atoms with van der Waals surface area (Å²) in [4.78, 5) is 4.05. The van der Waals surface area contributed by atoms with Crippen molar-refractivity contribution in [1.29, 1.82) is 0 Å². The van der Waals surface area contributed by atoms with Gasteiger partial charge in [0, 0.05) is 30.7 Å². The standard InChI is InChI=1S/C17H19N3/c18-8-3-15-1-2-17-16(13-15)7-12-20(17)11-6-14-4-9-19-10-5-14/h1-2,4-5,7,9-10,12-13H,3,6,8,11,18H2. The minimum absolute atomic E-state index is 0.703. The van der Waals surface area contributed by atoms with Gasteiger partial charge in [0.15, 0.2) is 0 Å². The van der Waals surface area contributed by atoms with Crippen LogP contribution in [0.3, 0.4) is 0 Å². The average molecular weight is 265 g/mol. The van der Waals surface area contributed by atoms with Crippen molar-refractivity contribution in [3.63, 3.8) is 0 Å².